The number of benzene rings is 1. The standard InChI is InChI=1S/C15H16FN3O3S/c1-3-23(21,22)19-14-7-5-11(9-17-14)15(20)18-13-8-12(16)6-4-10(13)2/h4-9H,3H2,1-2H3,(H,17,19)(H,18,20). The zero-order valence-electron chi connectivity index (χ0n) is 12.6. The number of halogens is 1. The SMILES string of the molecule is CCS(=O)(=O)Nc1ccc(C(=O)Nc2cc(F)ccc2C)cn1. The van der Waals surface area contributed by atoms with Gasteiger partial charge >= 0.3 is 0 Å². The van der Waals surface area contributed by atoms with Gasteiger partial charge in [-0.05, 0) is 43.7 Å². The minimum absolute atomic E-state index is 0.0736. The number of nitrogens with one attached hydrogen (secondary N) is 2. The minimum Gasteiger partial charge on any atom is -0.322 e. The third-order valence-corrected chi connectivity index (χ3v) is 4.39. The van der Waals surface area contributed by atoms with Gasteiger partial charge in [0.15, 0.2) is 0 Å². The molecular weight excluding hydrogens is 321 g/mol. The molecule has 1 heterocycles. The van der Waals surface area contributed by atoms with Crippen molar-refractivity contribution in [3.05, 3.63) is 53.5 Å². The fourth-order valence-electron chi connectivity index (χ4n) is 1.74. The Hall–Kier alpha value is -2.48. The van der Waals surface area contributed by atoms with Gasteiger partial charge in [-0.25, -0.2) is 17.8 Å². The van der Waals surface area contributed by atoms with Gasteiger partial charge in [0.1, 0.15) is 11.6 Å². The first kappa shape index (κ1) is 16.9. The molecule has 8 heteroatoms. The molecule has 0 saturated heterocycles. The van der Waals surface area contributed by atoms with E-state index in [0.717, 1.165) is 5.56 Å². The van der Waals surface area contributed by atoms with E-state index < -0.39 is 21.7 Å². The van der Waals surface area contributed by atoms with E-state index in [2.05, 4.69) is 15.0 Å². The summed E-state index contributed by atoms with van der Waals surface area (Å²) in [4.78, 5) is 16.0. The number of carbonyl (C=O) groups excluding carboxylic acids is 1. The van der Waals surface area contributed by atoms with Crippen molar-refractivity contribution in [2.24, 2.45) is 0 Å². The van der Waals surface area contributed by atoms with E-state index in [1.54, 1.807) is 13.0 Å². The van der Waals surface area contributed by atoms with Crippen molar-refractivity contribution >= 4 is 27.4 Å². The summed E-state index contributed by atoms with van der Waals surface area (Å²) >= 11 is 0. The van der Waals surface area contributed by atoms with Gasteiger partial charge in [-0.15, -0.1) is 0 Å². The van der Waals surface area contributed by atoms with Gasteiger partial charge in [0.2, 0.25) is 10.0 Å². The molecule has 1 aromatic carbocycles. The lowest BCUT2D eigenvalue weighted by Gasteiger charge is -2.09. The fourth-order valence-corrected chi connectivity index (χ4v) is 2.33. The van der Waals surface area contributed by atoms with Gasteiger partial charge in [-0.2, -0.15) is 0 Å². The smallest absolute Gasteiger partial charge is 0.257 e. The van der Waals surface area contributed by atoms with Crippen molar-refractivity contribution in [2.75, 3.05) is 15.8 Å². The average molecular weight is 337 g/mol. The maximum absolute atomic E-state index is 13.2. The van der Waals surface area contributed by atoms with Crippen LogP contribution in [0.4, 0.5) is 15.9 Å². The number of rotatable bonds is 5. The molecule has 23 heavy (non-hydrogen) atoms. The first-order valence-electron chi connectivity index (χ1n) is 6.85. The Balaban J connectivity index is 2.13. The fraction of sp³-hybridized carbons (Fsp3) is 0.200. The van der Waals surface area contributed by atoms with Gasteiger partial charge in [0.05, 0.1) is 11.3 Å². The zero-order chi connectivity index (χ0) is 17.0. The van der Waals surface area contributed by atoms with Crippen LogP contribution in [0.1, 0.15) is 22.8 Å². The lowest BCUT2D eigenvalue weighted by atomic mass is 10.2. The molecule has 0 aliphatic heterocycles. The summed E-state index contributed by atoms with van der Waals surface area (Å²) in [5.41, 5.74) is 1.32. The Labute approximate surface area is 133 Å². The molecule has 0 fully saturated rings. The van der Waals surface area contributed by atoms with Crippen LogP contribution in [0.15, 0.2) is 36.5 Å². The van der Waals surface area contributed by atoms with E-state index in [4.69, 9.17) is 0 Å². The average Bonchev–Trinajstić information content (AvgIpc) is 2.51. The number of hydrogen-bond donors (Lipinski definition) is 2. The van der Waals surface area contributed by atoms with Gasteiger partial charge in [-0.1, -0.05) is 6.07 Å². The number of sulfonamides is 1. The molecule has 0 unspecified atom stereocenters. The molecule has 0 aliphatic carbocycles. The number of amides is 1. The summed E-state index contributed by atoms with van der Waals surface area (Å²) in [6, 6.07) is 6.92. The van der Waals surface area contributed by atoms with E-state index in [1.807, 2.05) is 0 Å². The minimum atomic E-state index is -3.42. The van der Waals surface area contributed by atoms with E-state index in [-0.39, 0.29) is 17.1 Å². The second-order valence-corrected chi connectivity index (χ2v) is 6.86. The summed E-state index contributed by atoms with van der Waals surface area (Å²) in [7, 11) is -3.42. The molecule has 0 atom stereocenters. The molecule has 0 radical (unpaired) electrons. The predicted octanol–water partition coefficient (Wildman–Crippen LogP) is 2.54. The molecule has 0 bridgehead atoms. The Morgan fingerprint density at radius 1 is 1.26 bits per heavy atom. The third-order valence-electron chi connectivity index (χ3n) is 3.11. The second kappa shape index (κ2) is 6.74. The summed E-state index contributed by atoms with van der Waals surface area (Å²) in [5.74, 6) is -0.856. The summed E-state index contributed by atoms with van der Waals surface area (Å²) in [6.07, 6.45) is 1.25. The molecule has 0 spiro atoms. The van der Waals surface area contributed by atoms with Gasteiger partial charge in [0.25, 0.3) is 5.91 Å². The van der Waals surface area contributed by atoms with Crippen molar-refractivity contribution in [1.29, 1.82) is 0 Å². The largest absolute Gasteiger partial charge is 0.322 e. The van der Waals surface area contributed by atoms with E-state index in [0.29, 0.717) is 5.69 Å². The van der Waals surface area contributed by atoms with Crippen LogP contribution in [0.25, 0.3) is 0 Å². The zero-order valence-corrected chi connectivity index (χ0v) is 13.4. The van der Waals surface area contributed by atoms with Crippen LogP contribution in [0.3, 0.4) is 0 Å². The predicted molar refractivity (Wildman–Crippen MR) is 86.4 cm³/mol. The molecule has 2 rings (SSSR count). The van der Waals surface area contributed by atoms with Gasteiger partial charge in [0, 0.05) is 11.9 Å². The van der Waals surface area contributed by atoms with Crippen LogP contribution < -0.4 is 10.0 Å². The Morgan fingerprint density at radius 2 is 2.00 bits per heavy atom. The van der Waals surface area contributed by atoms with E-state index in [9.17, 15) is 17.6 Å². The molecular formula is C15H16FN3O3S. The van der Waals surface area contributed by atoms with Gasteiger partial charge < -0.3 is 5.32 Å². The highest BCUT2D eigenvalue weighted by Crippen LogP contribution is 2.17. The van der Waals surface area contributed by atoms with E-state index in [1.165, 1.54) is 37.4 Å². The van der Waals surface area contributed by atoms with Crippen molar-refractivity contribution in [3.63, 3.8) is 0 Å². The maximum atomic E-state index is 13.2. The Bertz CT molecular complexity index is 820. The van der Waals surface area contributed by atoms with Crippen molar-refractivity contribution in [3.8, 4) is 0 Å². The molecule has 2 N–H and O–H groups in total. The normalized spacial score (nSPS) is 11.1. The van der Waals surface area contributed by atoms with Crippen LogP contribution in [-0.4, -0.2) is 25.1 Å². The van der Waals surface area contributed by atoms with Crippen LogP contribution in [0, 0.1) is 12.7 Å². The maximum Gasteiger partial charge on any atom is 0.257 e. The van der Waals surface area contributed by atoms with Crippen LogP contribution in [0.2, 0.25) is 0 Å². The second-order valence-electron chi connectivity index (χ2n) is 4.85. The summed E-state index contributed by atoms with van der Waals surface area (Å²) < 4.78 is 38.4. The molecule has 0 saturated carbocycles. The number of aromatic nitrogens is 1. The molecule has 1 aromatic heterocycles. The first-order chi connectivity index (χ1) is 10.8. The van der Waals surface area contributed by atoms with Crippen LogP contribution in [-0.2, 0) is 10.0 Å². The number of hydrogen-bond acceptors (Lipinski definition) is 4. The summed E-state index contributed by atoms with van der Waals surface area (Å²) in [6.45, 7) is 3.25. The Kier molecular flexibility index (Phi) is 4.95. The monoisotopic (exact) mass is 337 g/mol. The number of nitrogens with zero attached hydrogens (tertiary/aromatic N) is 1. The van der Waals surface area contributed by atoms with Crippen LogP contribution in [0.5, 0.6) is 0 Å². The van der Waals surface area contributed by atoms with Gasteiger partial charge in [-0.3, -0.25) is 9.52 Å². The van der Waals surface area contributed by atoms with Crippen molar-refractivity contribution in [1.82, 2.24) is 4.98 Å². The molecule has 6 nitrogen and oxygen atoms in total. The number of aryl methyl sites for hydroxylation is 1. The highest BCUT2D eigenvalue weighted by molar-refractivity contribution is 7.92. The van der Waals surface area contributed by atoms with Crippen molar-refractivity contribution in [2.45, 2.75) is 13.8 Å². The molecule has 2 aromatic rings. The number of pyridine rings is 1. The topological polar surface area (TPSA) is 88.2 Å². The number of carbonyl (C=O) groups is 1. The van der Waals surface area contributed by atoms with Crippen molar-refractivity contribution < 1.29 is 17.6 Å². The summed E-state index contributed by atoms with van der Waals surface area (Å²) in [5, 5.41) is 2.59. The van der Waals surface area contributed by atoms with Crippen LogP contribution >= 0.6 is 0 Å². The van der Waals surface area contributed by atoms with E-state index >= 15 is 0 Å². The lowest BCUT2D eigenvalue weighted by molar-refractivity contribution is 0.102. The highest BCUT2D eigenvalue weighted by atomic mass is 32.2. The lowest BCUT2D eigenvalue weighted by Crippen LogP contribution is -2.16. The first-order valence-corrected chi connectivity index (χ1v) is 8.50. The molecule has 122 valence electrons. The Morgan fingerprint density at radius 3 is 2.61 bits per heavy atom. The molecule has 1 amide bonds. The highest BCUT2D eigenvalue weighted by Gasteiger charge is 2.11. The molecule has 0 aliphatic rings. The third kappa shape index (κ3) is 4.49. The number of anilines is 2. The quantitative estimate of drug-likeness (QED) is 0.877.